The number of thioether (sulfide) groups is 1. The van der Waals surface area contributed by atoms with Gasteiger partial charge in [-0.05, 0) is 25.0 Å². The van der Waals surface area contributed by atoms with Crippen molar-refractivity contribution in [3.63, 3.8) is 0 Å². The lowest BCUT2D eigenvalue weighted by atomic mass is 10.3. The highest BCUT2D eigenvalue weighted by molar-refractivity contribution is 8.00. The van der Waals surface area contributed by atoms with Crippen molar-refractivity contribution in [3.05, 3.63) is 23.0 Å². The van der Waals surface area contributed by atoms with Gasteiger partial charge in [0.2, 0.25) is 0 Å². The molecule has 1 aliphatic rings. The molecule has 82 valence electrons. The molecule has 0 heterocycles. The summed E-state index contributed by atoms with van der Waals surface area (Å²) in [4.78, 5) is 0.823. The molecule has 0 bridgehead atoms. The number of nitrogen functional groups attached to an aromatic ring is 1. The van der Waals surface area contributed by atoms with Crippen LogP contribution in [0.2, 0.25) is 5.02 Å². The summed E-state index contributed by atoms with van der Waals surface area (Å²) in [6.07, 6.45) is 4.95. The Morgan fingerprint density at radius 1 is 1.33 bits per heavy atom. The topological polar surface area (TPSA) is 26.0 Å². The number of rotatable bonds is 2. The average molecular weight is 246 g/mol. The monoisotopic (exact) mass is 245 g/mol. The van der Waals surface area contributed by atoms with E-state index in [4.69, 9.17) is 17.3 Å². The van der Waals surface area contributed by atoms with E-state index in [1.807, 2.05) is 0 Å². The molecule has 1 aliphatic carbocycles. The molecule has 2 rings (SSSR count). The second-order valence-electron chi connectivity index (χ2n) is 3.83. The van der Waals surface area contributed by atoms with Crippen LogP contribution in [-0.2, 0) is 0 Å². The molecule has 1 fully saturated rings. The Kier molecular flexibility index (Phi) is 3.42. The van der Waals surface area contributed by atoms with Crippen LogP contribution in [0, 0.1) is 5.82 Å². The molecule has 0 atom stereocenters. The zero-order chi connectivity index (χ0) is 10.8. The maximum absolute atomic E-state index is 13.2. The molecular formula is C11H13ClFNS. The molecule has 1 saturated carbocycles. The van der Waals surface area contributed by atoms with Crippen molar-refractivity contribution in [2.75, 3.05) is 5.73 Å². The highest BCUT2D eigenvalue weighted by atomic mass is 35.5. The van der Waals surface area contributed by atoms with Crippen molar-refractivity contribution in [2.45, 2.75) is 35.8 Å². The minimum Gasteiger partial charge on any atom is -0.398 e. The lowest BCUT2D eigenvalue weighted by Gasteiger charge is -2.11. The molecule has 1 aromatic rings. The van der Waals surface area contributed by atoms with Crippen molar-refractivity contribution in [1.82, 2.24) is 0 Å². The minimum absolute atomic E-state index is 0.100. The van der Waals surface area contributed by atoms with Gasteiger partial charge in [-0.15, -0.1) is 11.8 Å². The summed E-state index contributed by atoms with van der Waals surface area (Å²) in [6.45, 7) is 0. The van der Waals surface area contributed by atoms with Crippen molar-refractivity contribution in [2.24, 2.45) is 0 Å². The van der Waals surface area contributed by atoms with Crippen LogP contribution >= 0.6 is 23.4 Å². The molecule has 0 unspecified atom stereocenters. The van der Waals surface area contributed by atoms with Crippen LogP contribution in [0.5, 0.6) is 0 Å². The van der Waals surface area contributed by atoms with Crippen molar-refractivity contribution in [1.29, 1.82) is 0 Å². The third-order valence-corrected chi connectivity index (χ3v) is 4.35. The fraction of sp³-hybridized carbons (Fsp3) is 0.455. The Hall–Kier alpha value is -0.410. The number of nitrogens with two attached hydrogens (primary N) is 1. The summed E-state index contributed by atoms with van der Waals surface area (Å²) >= 11 is 7.32. The van der Waals surface area contributed by atoms with Crippen LogP contribution in [-0.4, -0.2) is 5.25 Å². The van der Waals surface area contributed by atoms with E-state index in [-0.39, 0.29) is 10.8 Å². The Morgan fingerprint density at radius 3 is 2.67 bits per heavy atom. The number of hydrogen-bond acceptors (Lipinski definition) is 2. The van der Waals surface area contributed by atoms with Gasteiger partial charge in [0, 0.05) is 15.8 Å². The largest absolute Gasteiger partial charge is 0.398 e. The summed E-state index contributed by atoms with van der Waals surface area (Å²) in [7, 11) is 0. The predicted molar refractivity (Wildman–Crippen MR) is 63.9 cm³/mol. The third-order valence-electron chi connectivity index (χ3n) is 2.65. The summed E-state index contributed by atoms with van der Waals surface area (Å²) in [5, 5.41) is 0.691. The molecule has 1 aromatic carbocycles. The first-order chi connectivity index (χ1) is 7.16. The smallest absolute Gasteiger partial charge is 0.143 e. The Labute approximate surface area is 98.2 Å². The Bertz CT molecular complexity index is 364. The Balaban J connectivity index is 2.16. The first kappa shape index (κ1) is 11.1. The Morgan fingerprint density at radius 2 is 2.00 bits per heavy atom. The molecule has 0 amide bonds. The van der Waals surface area contributed by atoms with Crippen molar-refractivity contribution in [3.8, 4) is 0 Å². The van der Waals surface area contributed by atoms with Gasteiger partial charge in [-0.2, -0.15) is 0 Å². The van der Waals surface area contributed by atoms with Gasteiger partial charge in [-0.3, -0.25) is 0 Å². The fourth-order valence-corrected chi connectivity index (χ4v) is 3.30. The molecule has 0 radical (unpaired) electrons. The number of hydrogen-bond donors (Lipinski definition) is 1. The molecule has 2 N–H and O–H groups in total. The van der Waals surface area contributed by atoms with Crippen LogP contribution in [0.3, 0.4) is 0 Å². The van der Waals surface area contributed by atoms with E-state index in [2.05, 4.69) is 0 Å². The summed E-state index contributed by atoms with van der Waals surface area (Å²) in [5.41, 5.74) is 6.38. The zero-order valence-corrected chi connectivity index (χ0v) is 9.87. The molecule has 15 heavy (non-hydrogen) atoms. The molecule has 0 spiro atoms. The van der Waals surface area contributed by atoms with Gasteiger partial charge in [0.05, 0.1) is 5.02 Å². The fourth-order valence-electron chi connectivity index (χ4n) is 1.83. The van der Waals surface area contributed by atoms with Gasteiger partial charge >= 0.3 is 0 Å². The van der Waals surface area contributed by atoms with Crippen molar-refractivity contribution < 1.29 is 4.39 Å². The van der Waals surface area contributed by atoms with Crippen LogP contribution in [0.4, 0.5) is 10.1 Å². The molecule has 0 aliphatic heterocycles. The average Bonchev–Trinajstić information content (AvgIpc) is 2.67. The lowest BCUT2D eigenvalue weighted by molar-refractivity contribution is 0.625. The van der Waals surface area contributed by atoms with Gasteiger partial charge < -0.3 is 5.73 Å². The van der Waals surface area contributed by atoms with Gasteiger partial charge in [-0.1, -0.05) is 24.4 Å². The quantitative estimate of drug-likeness (QED) is 0.794. The number of halogens is 2. The molecule has 1 nitrogen and oxygen atoms in total. The van der Waals surface area contributed by atoms with E-state index >= 15 is 0 Å². The maximum Gasteiger partial charge on any atom is 0.143 e. The van der Waals surface area contributed by atoms with Gasteiger partial charge in [-0.25, -0.2) is 4.39 Å². The second kappa shape index (κ2) is 4.62. The second-order valence-corrected chi connectivity index (χ2v) is 5.58. The predicted octanol–water partition coefficient (Wildman–Crippen LogP) is 4.10. The van der Waals surface area contributed by atoms with E-state index < -0.39 is 0 Å². The first-order valence-corrected chi connectivity index (χ1v) is 6.34. The van der Waals surface area contributed by atoms with E-state index in [1.165, 1.54) is 37.8 Å². The van der Waals surface area contributed by atoms with Crippen molar-refractivity contribution >= 4 is 29.1 Å². The van der Waals surface area contributed by atoms with Gasteiger partial charge in [0.1, 0.15) is 5.82 Å². The van der Waals surface area contributed by atoms with Crippen LogP contribution in [0.1, 0.15) is 25.7 Å². The summed E-state index contributed by atoms with van der Waals surface area (Å²) in [5.74, 6) is -0.383. The molecule has 4 heteroatoms. The number of benzene rings is 1. The normalized spacial score (nSPS) is 17.2. The summed E-state index contributed by atoms with van der Waals surface area (Å²) < 4.78 is 13.2. The first-order valence-electron chi connectivity index (χ1n) is 5.08. The van der Waals surface area contributed by atoms with E-state index in [1.54, 1.807) is 11.8 Å². The maximum atomic E-state index is 13.2. The van der Waals surface area contributed by atoms with E-state index in [9.17, 15) is 4.39 Å². The minimum atomic E-state index is -0.383. The highest BCUT2D eigenvalue weighted by Gasteiger charge is 2.18. The highest BCUT2D eigenvalue weighted by Crippen LogP contribution is 2.38. The zero-order valence-electron chi connectivity index (χ0n) is 8.30. The third kappa shape index (κ3) is 2.58. The van der Waals surface area contributed by atoms with Crippen LogP contribution < -0.4 is 5.73 Å². The van der Waals surface area contributed by atoms with E-state index in [0.717, 1.165) is 4.90 Å². The van der Waals surface area contributed by atoms with Crippen LogP contribution in [0.25, 0.3) is 0 Å². The summed E-state index contributed by atoms with van der Waals surface area (Å²) in [6, 6.07) is 2.94. The molecule has 0 aromatic heterocycles. The lowest BCUT2D eigenvalue weighted by Crippen LogP contribution is -1.97. The molecular weight excluding hydrogens is 233 g/mol. The van der Waals surface area contributed by atoms with Gasteiger partial charge in [0.25, 0.3) is 0 Å². The van der Waals surface area contributed by atoms with E-state index in [0.29, 0.717) is 10.9 Å². The van der Waals surface area contributed by atoms with Gasteiger partial charge in [0.15, 0.2) is 0 Å². The number of anilines is 1. The standard InChI is InChI=1S/C11H13ClFNS/c12-8-5-10(14)11(6-9(8)13)15-7-3-1-2-4-7/h5-7H,1-4,14H2. The SMILES string of the molecule is Nc1cc(Cl)c(F)cc1SC1CCCC1. The molecule has 0 saturated heterocycles. The van der Waals surface area contributed by atoms with Crippen LogP contribution in [0.15, 0.2) is 17.0 Å².